The first-order valence-electron chi connectivity index (χ1n) is 8.87. The van der Waals surface area contributed by atoms with Crippen LogP contribution in [-0.4, -0.2) is 31.9 Å². The predicted molar refractivity (Wildman–Crippen MR) is 111 cm³/mol. The topological polar surface area (TPSA) is 79.8 Å². The number of hydrogen-bond acceptors (Lipinski definition) is 5. The number of carbonyl (C=O) groups is 1. The Morgan fingerprint density at radius 3 is 2.54 bits per heavy atom. The Morgan fingerprint density at radius 2 is 1.82 bits per heavy atom. The summed E-state index contributed by atoms with van der Waals surface area (Å²) in [6, 6.07) is 15.0. The number of thiophene rings is 1. The van der Waals surface area contributed by atoms with E-state index in [9.17, 15) is 9.90 Å². The van der Waals surface area contributed by atoms with Gasteiger partial charge in [-0.3, -0.25) is 0 Å². The minimum absolute atomic E-state index is 0.109. The van der Waals surface area contributed by atoms with Crippen LogP contribution in [0.3, 0.4) is 0 Å². The van der Waals surface area contributed by atoms with Gasteiger partial charge in [-0.2, -0.15) is 0 Å². The third kappa shape index (κ3) is 4.55. The number of rotatable bonds is 7. The SMILES string of the molecule is COc1ccc(CNC(=O)NCC(C)(O)c2cc3ccccc3s2)cc1OC. The van der Waals surface area contributed by atoms with Crippen molar-refractivity contribution in [2.75, 3.05) is 20.8 Å². The fraction of sp³-hybridized carbons (Fsp3) is 0.286. The third-order valence-electron chi connectivity index (χ3n) is 4.45. The summed E-state index contributed by atoms with van der Waals surface area (Å²) in [6.45, 7) is 2.14. The van der Waals surface area contributed by atoms with E-state index in [0.717, 1.165) is 20.5 Å². The maximum atomic E-state index is 12.2. The first-order valence-corrected chi connectivity index (χ1v) is 9.68. The maximum absolute atomic E-state index is 12.2. The molecule has 1 heterocycles. The van der Waals surface area contributed by atoms with Gasteiger partial charge in [0.1, 0.15) is 5.60 Å². The summed E-state index contributed by atoms with van der Waals surface area (Å²) in [6.07, 6.45) is 0. The molecular weight excluding hydrogens is 376 g/mol. The molecule has 28 heavy (non-hydrogen) atoms. The Hall–Kier alpha value is -2.77. The first kappa shape index (κ1) is 20.0. The average molecular weight is 401 g/mol. The van der Waals surface area contributed by atoms with Crippen molar-refractivity contribution in [1.82, 2.24) is 10.6 Å². The van der Waals surface area contributed by atoms with Crippen LogP contribution in [0.1, 0.15) is 17.4 Å². The van der Waals surface area contributed by atoms with E-state index >= 15 is 0 Å². The van der Waals surface area contributed by atoms with Crippen LogP contribution < -0.4 is 20.1 Å². The van der Waals surface area contributed by atoms with Gasteiger partial charge in [-0.15, -0.1) is 11.3 Å². The summed E-state index contributed by atoms with van der Waals surface area (Å²) in [4.78, 5) is 13.0. The largest absolute Gasteiger partial charge is 0.493 e. The predicted octanol–water partition coefficient (Wildman–Crippen LogP) is 3.63. The lowest BCUT2D eigenvalue weighted by molar-refractivity contribution is 0.0632. The second-order valence-electron chi connectivity index (χ2n) is 6.65. The monoisotopic (exact) mass is 400 g/mol. The Balaban J connectivity index is 1.56. The van der Waals surface area contributed by atoms with Crippen LogP contribution in [0, 0.1) is 0 Å². The summed E-state index contributed by atoms with van der Waals surface area (Å²) < 4.78 is 11.6. The standard InChI is InChI=1S/C21H24N2O4S/c1-21(25,19-11-15-6-4-5-7-18(15)28-19)13-23-20(24)22-12-14-8-9-16(26-2)17(10-14)27-3/h4-11,25H,12-13H2,1-3H3,(H2,22,23,24). The first-order chi connectivity index (χ1) is 13.4. The van der Waals surface area contributed by atoms with Crippen LogP contribution >= 0.6 is 11.3 Å². The molecule has 2 aromatic carbocycles. The highest BCUT2D eigenvalue weighted by atomic mass is 32.1. The van der Waals surface area contributed by atoms with Crippen molar-refractivity contribution in [2.24, 2.45) is 0 Å². The minimum atomic E-state index is -1.15. The van der Waals surface area contributed by atoms with E-state index in [1.807, 2.05) is 42.5 Å². The van der Waals surface area contributed by atoms with Gasteiger partial charge in [0.15, 0.2) is 11.5 Å². The van der Waals surface area contributed by atoms with E-state index in [1.165, 1.54) is 11.3 Å². The van der Waals surface area contributed by atoms with Gasteiger partial charge in [0.05, 0.1) is 20.8 Å². The molecule has 0 bridgehead atoms. The molecule has 148 valence electrons. The van der Waals surface area contributed by atoms with Crippen LogP contribution in [0.2, 0.25) is 0 Å². The highest BCUT2D eigenvalue weighted by molar-refractivity contribution is 7.19. The summed E-state index contributed by atoms with van der Waals surface area (Å²) in [5.41, 5.74) is -0.270. The number of hydrogen-bond donors (Lipinski definition) is 3. The summed E-state index contributed by atoms with van der Waals surface area (Å²) >= 11 is 1.53. The summed E-state index contributed by atoms with van der Waals surface area (Å²) in [5.74, 6) is 1.24. The quantitative estimate of drug-likeness (QED) is 0.566. The molecular formula is C21H24N2O4S. The number of urea groups is 1. The minimum Gasteiger partial charge on any atom is -0.493 e. The lowest BCUT2D eigenvalue weighted by Gasteiger charge is -2.22. The highest BCUT2D eigenvalue weighted by Crippen LogP contribution is 2.32. The number of fused-ring (bicyclic) bond motifs is 1. The van der Waals surface area contributed by atoms with Crippen molar-refractivity contribution in [3.63, 3.8) is 0 Å². The highest BCUT2D eigenvalue weighted by Gasteiger charge is 2.26. The van der Waals surface area contributed by atoms with Gasteiger partial charge < -0.3 is 25.2 Å². The molecule has 0 saturated carbocycles. The molecule has 6 nitrogen and oxygen atoms in total. The fourth-order valence-corrected chi connectivity index (χ4v) is 3.93. The molecule has 1 atom stereocenters. The molecule has 1 aromatic heterocycles. The van der Waals surface area contributed by atoms with Crippen molar-refractivity contribution in [3.8, 4) is 11.5 Å². The van der Waals surface area contributed by atoms with Crippen molar-refractivity contribution >= 4 is 27.5 Å². The molecule has 3 N–H and O–H groups in total. The van der Waals surface area contributed by atoms with Crippen molar-refractivity contribution in [1.29, 1.82) is 0 Å². The Morgan fingerprint density at radius 1 is 1.07 bits per heavy atom. The molecule has 0 aliphatic heterocycles. The molecule has 0 aliphatic carbocycles. The van der Waals surface area contributed by atoms with Crippen LogP contribution in [0.15, 0.2) is 48.5 Å². The van der Waals surface area contributed by atoms with Crippen molar-refractivity contribution in [2.45, 2.75) is 19.1 Å². The number of amides is 2. The van der Waals surface area contributed by atoms with E-state index < -0.39 is 5.60 Å². The number of carbonyl (C=O) groups excluding carboxylic acids is 1. The van der Waals surface area contributed by atoms with Gasteiger partial charge >= 0.3 is 6.03 Å². The fourth-order valence-electron chi connectivity index (χ4n) is 2.82. The van der Waals surface area contributed by atoms with Gasteiger partial charge in [0.2, 0.25) is 0 Å². The number of methoxy groups -OCH3 is 2. The Labute approximate surface area is 168 Å². The van der Waals surface area contributed by atoms with Gasteiger partial charge in [-0.1, -0.05) is 24.3 Å². The Kier molecular flexibility index (Phi) is 6.06. The number of aliphatic hydroxyl groups is 1. The lowest BCUT2D eigenvalue weighted by Crippen LogP contribution is -2.42. The molecule has 0 aliphatic rings. The van der Waals surface area contributed by atoms with Gasteiger partial charge in [0, 0.05) is 16.1 Å². The van der Waals surface area contributed by atoms with E-state index in [0.29, 0.717) is 18.0 Å². The van der Waals surface area contributed by atoms with E-state index in [-0.39, 0.29) is 12.6 Å². The molecule has 0 radical (unpaired) electrons. The second kappa shape index (κ2) is 8.50. The molecule has 3 rings (SSSR count). The number of nitrogens with one attached hydrogen (secondary N) is 2. The van der Waals surface area contributed by atoms with Gasteiger partial charge in [0.25, 0.3) is 0 Å². The van der Waals surface area contributed by atoms with E-state index in [1.54, 1.807) is 27.2 Å². The maximum Gasteiger partial charge on any atom is 0.315 e. The molecule has 0 spiro atoms. The summed E-state index contributed by atoms with van der Waals surface area (Å²) in [7, 11) is 3.14. The molecule has 0 fully saturated rings. The number of ether oxygens (including phenoxy) is 2. The smallest absolute Gasteiger partial charge is 0.315 e. The van der Waals surface area contributed by atoms with E-state index in [4.69, 9.17) is 9.47 Å². The molecule has 3 aromatic rings. The van der Waals surface area contributed by atoms with Gasteiger partial charge in [-0.05, 0) is 42.1 Å². The van der Waals surface area contributed by atoms with Gasteiger partial charge in [-0.25, -0.2) is 4.79 Å². The Bertz CT molecular complexity index is 935. The van der Waals surface area contributed by atoms with E-state index in [2.05, 4.69) is 10.6 Å². The molecule has 0 saturated heterocycles. The normalized spacial score (nSPS) is 13.0. The van der Waals surface area contributed by atoms with Crippen molar-refractivity contribution < 1.29 is 19.4 Å². The third-order valence-corrected chi connectivity index (χ3v) is 5.82. The zero-order valence-electron chi connectivity index (χ0n) is 16.1. The van der Waals surface area contributed by atoms with Crippen LogP contribution in [0.4, 0.5) is 4.79 Å². The van der Waals surface area contributed by atoms with Crippen molar-refractivity contribution in [3.05, 3.63) is 59.0 Å². The summed E-state index contributed by atoms with van der Waals surface area (Å²) in [5, 5.41) is 17.4. The lowest BCUT2D eigenvalue weighted by atomic mass is 10.0. The average Bonchev–Trinajstić information content (AvgIpc) is 3.16. The van der Waals surface area contributed by atoms with Crippen LogP contribution in [-0.2, 0) is 12.1 Å². The number of benzene rings is 2. The molecule has 1 unspecified atom stereocenters. The van der Waals surface area contributed by atoms with Crippen LogP contribution in [0.25, 0.3) is 10.1 Å². The molecule has 7 heteroatoms. The zero-order chi connectivity index (χ0) is 20.1. The zero-order valence-corrected chi connectivity index (χ0v) is 16.9. The van der Waals surface area contributed by atoms with Crippen LogP contribution in [0.5, 0.6) is 11.5 Å². The second-order valence-corrected chi connectivity index (χ2v) is 7.73. The molecule has 2 amide bonds.